The van der Waals surface area contributed by atoms with Gasteiger partial charge in [0.25, 0.3) is 0 Å². The first-order valence-electron chi connectivity index (χ1n) is 5.49. The Morgan fingerprint density at radius 1 is 1.33 bits per heavy atom. The third-order valence-corrected chi connectivity index (χ3v) is 3.61. The molecule has 86 valence electrons. The predicted octanol–water partition coefficient (Wildman–Crippen LogP) is 2.62. The van der Waals surface area contributed by atoms with Gasteiger partial charge in [-0.3, -0.25) is 4.79 Å². The van der Waals surface area contributed by atoms with Gasteiger partial charge in [-0.05, 0) is 31.1 Å². The minimum Gasteiger partial charge on any atom is -0.469 e. The summed E-state index contributed by atoms with van der Waals surface area (Å²) in [5.41, 5.74) is 0. The fourth-order valence-corrected chi connectivity index (χ4v) is 2.65. The summed E-state index contributed by atoms with van der Waals surface area (Å²) in [6.07, 6.45) is 2.26. The fourth-order valence-electron chi connectivity index (χ4n) is 2.65. The number of hydrogen-bond donors (Lipinski definition) is 0. The summed E-state index contributed by atoms with van der Waals surface area (Å²) in [7, 11) is 1.28. The molecule has 2 nitrogen and oxygen atoms in total. The lowest BCUT2D eigenvalue weighted by Crippen LogP contribution is -2.38. The number of halogens is 2. The zero-order chi connectivity index (χ0) is 11.1. The molecule has 0 aromatic rings. The standard InChI is InChI=1S/C11H16F2O2/c1-15-10(14)9-6-11(12,13)5-4-8(9)7-2-3-7/h7-9H,2-6H2,1H3. The summed E-state index contributed by atoms with van der Waals surface area (Å²) in [4.78, 5) is 11.4. The zero-order valence-electron chi connectivity index (χ0n) is 8.84. The molecule has 15 heavy (non-hydrogen) atoms. The normalized spacial score (nSPS) is 34.9. The fraction of sp³-hybridized carbons (Fsp3) is 0.909. The Balaban J connectivity index is 2.08. The van der Waals surface area contributed by atoms with Gasteiger partial charge in [0.05, 0.1) is 13.0 Å². The van der Waals surface area contributed by atoms with Crippen molar-refractivity contribution in [3.63, 3.8) is 0 Å². The lowest BCUT2D eigenvalue weighted by atomic mass is 9.75. The maximum Gasteiger partial charge on any atom is 0.309 e. The Bertz CT molecular complexity index is 261. The van der Waals surface area contributed by atoms with Crippen LogP contribution in [0.15, 0.2) is 0 Å². The van der Waals surface area contributed by atoms with Crippen molar-refractivity contribution < 1.29 is 18.3 Å². The second-order valence-electron chi connectivity index (χ2n) is 4.73. The topological polar surface area (TPSA) is 26.3 Å². The Kier molecular flexibility index (Phi) is 2.69. The SMILES string of the molecule is COC(=O)C1CC(F)(F)CCC1C1CC1. The van der Waals surface area contributed by atoms with Gasteiger partial charge < -0.3 is 4.74 Å². The van der Waals surface area contributed by atoms with E-state index in [1.807, 2.05) is 0 Å². The van der Waals surface area contributed by atoms with Crippen molar-refractivity contribution in [3.8, 4) is 0 Å². The largest absolute Gasteiger partial charge is 0.469 e. The van der Waals surface area contributed by atoms with Crippen LogP contribution in [-0.4, -0.2) is 19.0 Å². The molecule has 2 unspecified atom stereocenters. The summed E-state index contributed by atoms with van der Waals surface area (Å²) >= 11 is 0. The molecule has 2 saturated carbocycles. The second kappa shape index (κ2) is 3.72. The average molecular weight is 218 g/mol. The summed E-state index contributed by atoms with van der Waals surface area (Å²) in [6, 6.07) is 0. The molecule has 0 aliphatic heterocycles. The molecule has 0 bridgehead atoms. The van der Waals surface area contributed by atoms with Gasteiger partial charge in [-0.1, -0.05) is 0 Å². The van der Waals surface area contributed by atoms with E-state index in [9.17, 15) is 13.6 Å². The molecule has 0 N–H and O–H groups in total. The van der Waals surface area contributed by atoms with Crippen LogP contribution in [0, 0.1) is 17.8 Å². The molecule has 4 heteroatoms. The Labute approximate surface area is 88.0 Å². The van der Waals surface area contributed by atoms with Crippen molar-refractivity contribution in [2.75, 3.05) is 7.11 Å². The number of alkyl halides is 2. The maximum atomic E-state index is 13.2. The number of carbonyl (C=O) groups excluding carboxylic acids is 1. The molecule has 0 spiro atoms. The Hall–Kier alpha value is -0.670. The molecule has 2 aliphatic carbocycles. The first-order chi connectivity index (χ1) is 7.03. The second-order valence-corrected chi connectivity index (χ2v) is 4.73. The van der Waals surface area contributed by atoms with Gasteiger partial charge >= 0.3 is 5.97 Å². The minimum absolute atomic E-state index is 0.0678. The van der Waals surface area contributed by atoms with Crippen LogP contribution in [0.4, 0.5) is 8.78 Å². The van der Waals surface area contributed by atoms with Crippen molar-refractivity contribution >= 4 is 5.97 Å². The lowest BCUT2D eigenvalue weighted by Gasteiger charge is -2.34. The van der Waals surface area contributed by atoms with Crippen LogP contribution in [-0.2, 0) is 9.53 Å². The summed E-state index contributed by atoms with van der Waals surface area (Å²) < 4.78 is 31.0. The molecule has 2 aliphatic rings. The molecular weight excluding hydrogens is 202 g/mol. The molecule has 0 aromatic carbocycles. The third kappa shape index (κ3) is 2.29. The monoisotopic (exact) mass is 218 g/mol. The predicted molar refractivity (Wildman–Crippen MR) is 50.5 cm³/mol. The number of esters is 1. The highest BCUT2D eigenvalue weighted by molar-refractivity contribution is 5.73. The third-order valence-electron chi connectivity index (χ3n) is 3.61. The molecule has 0 radical (unpaired) electrons. The van der Waals surface area contributed by atoms with Gasteiger partial charge in [-0.25, -0.2) is 8.78 Å². The molecule has 2 rings (SSSR count). The quantitative estimate of drug-likeness (QED) is 0.666. The van der Waals surface area contributed by atoms with Crippen molar-refractivity contribution in [3.05, 3.63) is 0 Å². The van der Waals surface area contributed by atoms with E-state index in [1.54, 1.807) is 0 Å². The van der Waals surface area contributed by atoms with Crippen LogP contribution in [0.3, 0.4) is 0 Å². The molecular formula is C11H16F2O2. The molecule has 0 amide bonds. The van der Waals surface area contributed by atoms with E-state index >= 15 is 0 Å². The van der Waals surface area contributed by atoms with Crippen LogP contribution >= 0.6 is 0 Å². The molecule has 2 atom stereocenters. The lowest BCUT2D eigenvalue weighted by molar-refractivity contribution is -0.157. The van der Waals surface area contributed by atoms with Crippen LogP contribution in [0.25, 0.3) is 0 Å². The molecule has 0 saturated heterocycles. The number of hydrogen-bond acceptors (Lipinski definition) is 2. The molecule has 0 heterocycles. The highest BCUT2D eigenvalue weighted by Gasteiger charge is 2.49. The van der Waals surface area contributed by atoms with Crippen LogP contribution in [0.5, 0.6) is 0 Å². The first-order valence-corrected chi connectivity index (χ1v) is 5.49. The smallest absolute Gasteiger partial charge is 0.309 e. The van der Waals surface area contributed by atoms with Crippen molar-refractivity contribution in [2.24, 2.45) is 17.8 Å². The van der Waals surface area contributed by atoms with E-state index in [1.165, 1.54) is 7.11 Å². The van der Waals surface area contributed by atoms with Crippen LogP contribution < -0.4 is 0 Å². The number of ether oxygens (including phenoxy) is 1. The van der Waals surface area contributed by atoms with Gasteiger partial charge in [0.2, 0.25) is 5.92 Å². The Morgan fingerprint density at radius 2 is 2.00 bits per heavy atom. The summed E-state index contributed by atoms with van der Waals surface area (Å²) in [6.45, 7) is 0. The number of rotatable bonds is 2. The Morgan fingerprint density at radius 3 is 2.53 bits per heavy atom. The van der Waals surface area contributed by atoms with E-state index in [-0.39, 0.29) is 18.8 Å². The zero-order valence-corrected chi connectivity index (χ0v) is 8.84. The van der Waals surface area contributed by atoms with E-state index in [0.29, 0.717) is 12.3 Å². The van der Waals surface area contributed by atoms with Gasteiger partial charge in [-0.2, -0.15) is 0 Å². The van der Waals surface area contributed by atoms with Crippen molar-refractivity contribution in [2.45, 2.75) is 38.0 Å². The summed E-state index contributed by atoms with van der Waals surface area (Å²) in [5, 5.41) is 0. The van der Waals surface area contributed by atoms with E-state index in [0.717, 1.165) is 12.8 Å². The van der Waals surface area contributed by atoms with Gasteiger partial charge in [-0.15, -0.1) is 0 Å². The highest BCUT2D eigenvalue weighted by atomic mass is 19.3. The highest BCUT2D eigenvalue weighted by Crippen LogP contribution is 2.50. The maximum absolute atomic E-state index is 13.2. The van der Waals surface area contributed by atoms with Crippen molar-refractivity contribution in [1.29, 1.82) is 0 Å². The molecule has 2 fully saturated rings. The van der Waals surface area contributed by atoms with Gasteiger partial charge in [0.15, 0.2) is 0 Å². The van der Waals surface area contributed by atoms with E-state index < -0.39 is 17.8 Å². The number of methoxy groups -OCH3 is 1. The first kappa shape index (κ1) is 10.8. The summed E-state index contributed by atoms with van der Waals surface area (Å²) in [5.74, 6) is -3.08. The van der Waals surface area contributed by atoms with Crippen molar-refractivity contribution in [1.82, 2.24) is 0 Å². The van der Waals surface area contributed by atoms with Crippen LogP contribution in [0.1, 0.15) is 32.1 Å². The number of carbonyl (C=O) groups is 1. The van der Waals surface area contributed by atoms with Crippen LogP contribution in [0.2, 0.25) is 0 Å². The van der Waals surface area contributed by atoms with Gasteiger partial charge in [0.1, 0.15) is 0 Å². The molecule has 0 aromatic heterocycles. The van der Waals surface area contributed by atoms with Gasteiger partial charge in [0, 0.05) is 12.8 Å². The van der Waals surface area contributed by atoms with E-state index in [4.69, 9.17) is 0 Å². The minimum atomic E-state index is -2.68. The van der Waals surface area contributed by atoms with E-state index in [2.05, 4.69) is 4.74 Å². The average Bonchev–Trinajstić information content (AvgIpc) is 2.99.